The number of nitrogens with one attached hydrogen (secondary N) is 1. The minimum Gasteiger partial charge on any atom is -0.449 e. The molecular formula is C31H32ClN3O3. The van der Waals surface area contributed by atoms with Gasteiger partial charge in [-0.3, -0.25) is 19.4 Å². The molecule has 0 bridgehead atoms. The molecule has 1 N–H and O–H groups in total. The van der Waals surface area contributed by atoms with Crippen LogP contribution in [0.3, 0.4) is 0 Å². The third kappa shape index (κ3) is 6.09. The maximum atomic E-state index is 13.4. The van der Waals surface area contributed by atoms with Crippen molar-refractivity contribution in [2.45, 2.75) is 38.8 Å². The van der Waals surface area contributed by atoms with E-state index in [2.05, 4.69) is 17.1 Å². The van der Waals surface area contributed by atoms with Gasteiger partial charge >= 0.3 is 0 Å². The number of halogens is 1. The third-order valence-corrected chi connectivity index (χ3v) is 7.43. The fourth-order valence-electron chi connectivity index (χ4n) is 4.98. The first kappa shape index (κ1) is 26.0. The van der Waals surface area contributed by atoms with E-state index in [1.165, 1.54) is 19.3 Å². The van der Waals surface area contributed by atoms with Crippen molar-refractivity contribution in [2.24, 2.45) is 0 Å². The molecule has 1 atom stereocenters. The van der Waals surface area contributed by atoms with Crippen molar-refractivity contribution in [2.75, 3.05) is 24.5 Å². The monoisotopic (exact) mass is 529 g/mol. The van der Waals surface area contributed by atoms with E-state index >= 15 is 0 Å². The number of para-hydroxylation sites is 2. The van der Waals surface area contributed by atoms with E-state index < -0.39 is 0 Å². The Kier molecular flexibility index (Phi) is 8.11. The highest BCUT2D eigenvalue weighted by Gasteiger charge is 2.30. The van der Waals surface area contributed by atoms with Crippen LogP contribution in [0.25, 0.3) is 6.08 Å². The van der Waals surface area contributed by atoms with E-state index in [1.807, 2.05) is 60.7 Å². The number of anilines is 1. The number of carbonyl (C=O) groups excluding carboxylic acids is 2. The molecule has 5 rings (SSSR count). The van der Waals surface area contributed by atoms with Crippen molar-refractivity contribution in [1.82, 2.24) is 10.2 Å². The quantitative estimate of drug-likeness (QED) is 0.386. The van der Waals surface area contributed by atoms with Crippen LogP contribution in [-0.4, -0.2) is 42.4 Å². The van der Waals surface area contributed by atoms with Crippen molar-refractivity contribution in [3.05, 3.63) is 100 Å². The zero-order valence-electron chi connectivity index (χ0n) is 21.5. The highest BCUT2D eigenvalue weighted by Crippen LogP contribution is 2.36. The second-order valence-electron chi connectivity index (χ2n) is 9.85. The Morgan fingerprint density at radius 1 is 1.05 bits per heavy atom. The summed E-state index contributed by atoms with van der Waals surface area (Å²) >= 11 is 6.03. The van der Waals surface area contributed by atoms with Gasteiger partial charge in [0.15, 0.2) is 11.5 Å². The Morgan fingerprint density at radius 3 is 2.58 bits per heavy atom. The Bertz CT molecular complexity index is 1320. The maximum Gasteiger partial charge on any atom is 0.294 e. The van der Waals surface area contributed by atoms with E-state index in [0.717, 1.165) is 29.9 Å². The van der Waals surface area contributed by atoms with Gasteiger partial charge in [0.2, 0.25) is 0 Å². The topological polar surface area (TPSA) is 61.9 Å². The molecule has 2 aliphatic heterocycles. The molecule has 2 heterocycles. The summed E-state index contributed by atoms with van der Waals surface area (Å²) in [7, 11) is 0. The first-order chi connectivity index (χ1) is 18.5. The van der Waals surface area contributed by atoms with Gasteiger partial charge in [-0.25, -0.2) is 0 Å². The Labute approximate surface area is 228 Å². The van der Waals surface area contributed by atoms with Gasteiger partial charge in [0.1, 0.15) is 0 Å². The van der Waals surface area contributed by atoms with Crippen LogP contribution in [0.15, 0.2) is 78.6 Å². The van der Waals surface area contributed by atoms with E-state index in [9.17, 15) is 9.59 Å². The van der Waals surface area contributed by atoms with Crippen LogP contribution in [0.4, 0.5) is 5.69 Å². The van der Waals surface area contributed by atoms with Gasteiger partial charge < -0.3 is 10.1 Å². The van der Waals surface area contributed by atoms with Gasteiger partial charge in [-0.2, -0.15) is 0 Å². The van der Waals surface area contributed by atoms with Crippen LogP contribution < -0.4 is 15.0 Å². The van der Waals surface area contributed by atoms with E-state index in [-0.39, 0.29) is 17.6 Å². The van der Waals surface area contributed by atoms with Crippen LogP contribution >= 0.6 is 11.6 Å². The summed E-state index contributed by atoms with van der Waals surface area (Å²) in [5.41, 5.74) is 3.04. The number of amides is 2. The highest BCUT2D eigenvalue weighted by molar-refractivity contribution is 6.30. The molecule has 2 amide bonds. The van der Waals surface area contributed by atoms with Gasteiger partial charge in [-0.05, 0) is 79.9 Å². The third-order valence-electron chi connectivity index (χ3n) is 7.18. The number of hydrogen-bond acceptors (Lipinski definition) is 4. The van der Waals surface area contributed by atoms with Gasteiger partial charge in [-0.15, -0.1) is 0 Å². The van der Waals surface area contributed by atoms with E-state index in [4.69, 9.17) is 16.3 Å². The number of hydrogen-bond donors (Lipinski definition) is 1. The SMILES string of the molecule is CC1CCCCN1CCNC(=O)c1ccc(C=C2Oc3ccccc3N(Cc3ccc(Cl)cc3)C2=O)cc1. The first-order valence-electron chi connectivity index (χ1n) is 13.1. The number of rotatable bonds is 7. The zero-order valence-corrected chi connectivity index (χ0v) is 22.3. The molecule has 0 saturated carbocycles. The van der Waals surface area contributed by atoms with Crippen molar-refractivity contribution in [1.29, 1.82) is 0 Å². The summed E-state index contributed by atoms with van der Waals surface area (Å²) in [5.74, 6) is 0.520. The second kappa shape index (κ2) is 11.8. The van der Waals surface area contributed by atoms with Crippen molar-refractivity contribution >= 4 is 35.2 Å². The minimum absolute atomic E-state index is 0.0954. The first-order valence-corrected chi connectivity index (χ1v) is 13.5. The van der Waals surface area contributed by atoms with Crippen LogP contribution in [-0.2, 0) is 11.3 Å². The number of nitrogens with zero attached hydrogens (tertiary/aromatic N) is 2. The Morgan fingerprint density at radius 2 is 1.82 bits per heavy atom. The molecule has 1 unspecified atom stereocenters. The predicted molar refractivity (Wildman–Crippen MR) is 151 cm³/mol. The largest absolute Gasteiger partial charge is 0.449 e. The van der Waals surface area contributed by atoms with Crippen LogP contribution in [0.1, 0.15) is 47.7 Å². The molecule has 0 aliphatic carbocycles. The lowest BCUT2D eigenvalue weighted by molar-refractivity contribution is -0.117. The standard InChI is InChI=1S/C31H32ClN3O3/c1-22-6-4-5-18-34(22)19-17-33-30(36)25-13-9-23(10-14-25)20-29-31(37)35(21-24-11-15-26(32)16-12-24)27-7-2-3-8-28(27)38-29/h2-3,7-16,20,22H,4-6,17-19,21H2,1H3,(H,33,36). The van der Waals surface area contributed by atoms with E-state index in [1.54, 1.807) is 23.1 Å². The van der Waals surface area contributed by atoms with E-state index in [0.29, 0.717) is 35.5 Å². The average Bonchev–Trinajstić information content (AvgIpc) is 2.93. The number of ether oxygens (including phenoxy) is 1. The number of likely N-dealkylation sites (tertiary alicyclic amines) is 1. The van der Waals surface area contributed by atoms with Crippen molar-refractivity contribution in [3.63, 3.8) is 0 Å². The maximum absolute atomic E-state index is 13.4. The molecule has 196 valence electrons. The summed E-state index contributed by atoms with van der Waals surface area (Å²) in [6.07, 6.45) is 5.45. The average molecular weight is 530 g/mol. The molecular weight excluding hydrogens is 498 g/mol. The second-order valence-corrected chi connectivity index (χ2v) is 10.3. The Hall–Kier alpha value is -3.61. The zero-order chi connectivity index (χ0) is 26.5. The van der Waals surface area contributed by atoms with Crippen LogP contribution in [0.5, 0.6) is 5.75 Å². The summed E-state index contributed by atoms with van der Waals surface area (Å²) in [4.78, 5) is 30.3. The summed E-state index contributed by atoms with van der Waals surface area (Å²) in [6.45, 7) is 5.24. The molecule has 0 aromatic heterocycles. The predicted octanol–water partition coefficient (Wildman–Crippen LogP) is 5.91. The normalized spacial score (nSPS) is 18.7. The minimum atomic E-state index is -0.229. The lowest BCUT2D eigenvalue weighted by Crippen LogP contribution is -2.42. The number of benzene rings is 3. The van der Waals surface area contributed by atoms with Gasteiger partial charge in [0.05, 0.1) is 12.2 Å². The molecule has 2 aliphatic rings. The smallest absolute Gasteiger partial charge is 0.294 e. The lowest BCUT2D eigenvalue weighted by atomic mass is 10.0. The molecule has 6 nitrogen and oxygen atoms in total. The summed E-state index contributed by atoms with van der Waals surface area (Å²) in [6, 6.07) is 22.7. The molecule has 1 fully saturated rings. The van der Waals surface area contributed by atoms with Crippen LogP contribution in [0, 0.1) is 0 Å². The number of piperidine rings is 1. The molecule has 3 aromatic carbocycles. The van der Waals surface area contributed by atoms with Crippen molar-refractivity contribution < 1.29 is 14.3 Å². The number of carbonyl (C=O) groups is 2. The Balaban J connectivity index is 1.26. The van der Waals surface area contributed by atoms with Gasteiger partial charge in [0.25, 0.3) is 11.8 Å². The molecule has 38 heavy (non-hydrogen) atoms. The van der Waals surface area contributed by atoms with Gasteiger partial charge in [-0.1, -0.05) is 54.4 Å². The van der Waals surface area contributed by atoms with Gasteiger partial charge in [0, 0.05) is 29.7 Å². The molecule has 7 heteroatoms. The summed E-state index contributed by atoms with van der Waals surface area (Å²) < 4.78 is 6.00. The highest BCUT2D eigenvalue weighted by atomic mass is 35.5. The fraction of sp³-hybridized carbons (Fsp3) is 0.290. The lowest BCUT2D eigenvalue weighted by Gasteiger charge is -2.33. The molecule has 3 aromatic rings. The molecule has 0 radical (unpaired) electrons. The summed E-state index contributed by atoms with van der Waals surface area (Å²) in [5, 5.41) is 3.68. The molecule has 0 spiro atoms. The van der Waals surface area contributed by atoms with Crippen LogP contribution in [0.2, 0.25) is 5.02 Å². The number of fused-ring (bicyclic) bond motifs is 1. The van der Waals surface area contributed by atoms with Crippen molar-refractivity contribution in [3.8, 4) is 5.75 Å². The molecule has 1 saturated heterocycles. The fourth-order valence-corrected chi connectivity index (χ4v) is 5.10.